The van der Waals surface area contributed by atoms with Crippen molar-refractivity contribution in [2.75, 3.05) is 26.2 Å². The summed E-state index contributed by atoms with van der Waals surface area (Å²) in [4.78, 5) is 0. The van der Waals surface area contributed by atoms with Gasteiger partial charge in [0.2, 0.25) is 0 Å². The maximum absolute atomic E-state index is 6.31. The van der Waals surface area contributed by atoms with Crippen molar-refractivity contribution in [3.8, 4) is 0 Å². The second-order valence-corrected chi connectivity index (χ2v) is 6.94. The van der Waals surface area contributed by atoms with Gasteiger partial charge in [-0.1, -0.05) is 0 Å². The third-order valence-corrected chi connectivity index (χ3v) is 6.00. The molecule has 0 bridgehead atoms. The van der Waals surface area contributed by atoms with Gasteiger partial charge in [0.05, 0.1) is 0 Å². The second-order valence-electron chi connectivity index (χ2n) is 2.53. The molecule has 4 nitrogen and oxygen atoms in total. The molecule has 0 unspecified atom stereocenters. The van der Waals surface area contributed by atoms with E-state index in [1.165, 1.54) is 0 Å². The fraction of sp³-hybridized carbons (Fsp3) is 0.667. The Bertz CT molecular complexity index is 229. The Labute approximate surface area is 80.0 Å². The Morgan fingerprint density at radius 3 is 1.50 bits per heavy atom. The molecule has 71 valence electrons. The molecule has 0 aromatic rings. The number of hydrogen-bond donors (Lipinski definition) is 4. The molecule has 0 amide bonds. The van der Waals surface area contributed by atoms with Crippen LogP contribution in [0.15, 0.2) is 0 Å². The van der Waals surface area contributed by atoms with Crippen molar-refractivity contribution in [1.82, 2.24) is 21.3 Å². The standard InChI is InChI=1S/2C3H6N2.ClH.Ru/c2*1-2-5-3-4-1;;/h2*4-5H,1-2H2;1H;/q;;;+1/p-1. The number of hydrogen-bond acceptors (Lipinski definition) is 4. The molecule has 4 N–H and O–H groups in total. The van der Waals surface area contributed by atoms with Crippen molar-refractivity contribution in [2.45, 2.75) is 0 Å². The number of halogens is 1. The monoisotopic (exact) mass is 277 g/mol. The maximum atomic E-state index is 6.31. The first-order chi connectivity index (χ1) is 5.88. The quantitative estimate of drug-likeness (QED) is 0.399. The van der Waals surface area contributed by atoms with Crippen LogP contribution in [-0.2, 0) is 14.1 Å². The van der Waals surface area contributed by atoms with E-state index < -0.39 is 14.1 Å². The minimum atomic E-state index is -1.49. The van der Waals surface area contributed by atoms with Gasteiger partial charge in [-0.05, 0) is 0 Å². The molecule has 2 aliphatic rings. The summed E-state index contributed by atoms with van der Waals surface area (Å²) < 4.78 is 2.30. The van der Waals surface area contributed by atoms with Crippen LogP contribution in [-0.4, -0.2) is 34.9 Å². The summed E-state index contributed by atoms with van der Waals surface area (Å²) in [6.07, 6.45) is 0. The van der Waals surface area contributed by atoms with Gasteiger partial charge in [0.25, 0.3) is 0 Å². The molecule has 2 aliphatic heterocycles. The Morgan fingerprint density at radius 2 is 1.17 bits per heavy atom. The van der Waals surface area contributed by atoms with Gasteiger partial charge >= 0.3 is 79.9 Å². The fourth-order valence-electron chi connectivity index (χ4n) is 1.11. The Kier molecular flexibility index (Phi) is 3.12. The molecule has 0 aliphatic carbocycles. The van der Waals surface area contributed by atoms with E-state index in [1.807, 2.05) is 0 Å². The van der Waals surface area contributed by atoms with E-state index in [2.05, 4.69) is 21.3 Å². The topological polar surface area (TPSA) is 48.1 Å². The van der Waals surface area contributed by atoms with Gasteiger partial charge in [-0.3, -0.25) is 0 Å². The Morgan fingerprint density at radius 1 is 0.833 bits per heavy atom. The van der Waals surface area contributed by atoms with Crippen LogP contribution in [0.2, 0.25) is 0 Å². The molecule has 12 heavy (non-hydrogen) atoms. The van der Waals surface area contributed by atoms with E-state index in [0.717, 1.165) is 34.9 Å². The van der Waals surface area contributed by atoms with Gasteiger partial charge in [0.15, 0.2) is 0 Å². The molecular weight excluding hydrogens is 265 g/mol. The zero-order valence-corrected chi connectivity index (χ0v) is 9.05. The minimum absolute atomic E-state index is 1.000. The van der Waals surface area contributed by atoms with Gasteiger partial charge in [0.1, 0.15) is 0 Å². The molecule has 0 radical (unpaired) electrons. The van der Waals surface area contributed by atoms with Gasteiger partial charge in [0, 0.05) is 0 Å². The number of rotatable bonds is 0. The van der Waals surface area contributed by atoms with Crippen molar-refractivity contribution >= 4 is 18.4 Å². The van der Waals surface area contributed by atoms with E-state index >= 15 is 0 Å². The van der Waals surface area contributed by atoms with Crippen LogP contribution in [0.3, 0.4) is 0 Å². The summed E-state index contributed by atoms with van der Waals surface area (Å²) in [5.41, 5.74) is 0. The van der Waals surface area contributed by atoms with Crippen molar-refractivity contribution in [1.29, 1.82) is 0 Å². The van der Waals surface area contributed by atoms with Crippen LogP contribution in [0, 0.1) is 0 Å². The predicted molar refractivity (Wildman–Crippen MR) is 47.9 cm³/mol. The molecule has 0 spiro atoms. The van der Waals surface area contributed by atoms with Gasteiger partial charge in [-0.15, -0.1) is 0 Å². The van der Waals surface area contributed by atoms with E-state index in [0.29, 0.717) is 0 Å². The van der Waals surface area contributed by atoms with Crippen LogP contribution in [0.1, 0.15) is 0 Å². The van der Waals surface area contributed by atoms with Gasteiger partial charge in [-0.25, -0.2) is 0 Å². The van der Waals surface area contributed by atoms with E-state index in [1.54, 1.807) is 0 Å². The van der Waals surface area contributed by atoms with Crippen LogP contribution in [0.4, 0.5) is 0 Å². The fourth-order valence-corrected chi connectivity index (χ4v) is 4.61. The molecule has 0 saturated carbocycles. The summed E-state index contributed by atoms with van der Waals surface area (Å²) in [5.74, 6) is 0. The summed E-state index contributed by atoms with van der Waals surface area (Å²) in [5, 5.41) is 13.1. The molecule has 0 aromatic heterocycles. The molecule has 2 fully saturated rings. The van der Waals surface area contributed by atoms with Crippen molar-refractivity contribution in [3.05, 3.63) is 0 Å². The van der Waals surface area contributed by atoms with Crippen molar-refractivity contribution in [2.24, 2.45) is 0 Å². The second kappa shape index (κ2) is 4.14. The van der Waals surface area contributed by atoms with Crippen LogP contribution < -0.4 is 21.3 Å². The Hall–Kier alpha value is 0.493. The average molecular weight is 277 g/mol. The molecule has 0 atom stereocenters. The normalized spacial score (nSPS) is 24.5. The SMILES string of the molecule is [Cl][Ru](=[C]1NCCN1)=[C]1NCCN1. The molecule has 2 saturated heterocycles. The van der Waals surface area contributed by atoms with Crippen molar-refractivity contribution < 1.29 is 14.1 Å². The summed E-state index contributed by atoms with van der Waals surface area (Å²) in [7, 11) is 6.31. The zero-order valence-electron chi connectivity index (χ0n) is 6.56. The molecular formula is C6H12ClN4Ru. The first-order valence-electron chi connectivity index (χ1n) is 3.90. The summed E-state index contributed by atoms with van der Waals surface area (Å²) in [6, 6.07) is 0. The van der Waals surface area contributed by atoms with E-state index in [-0.39, 0.29) is 0 Å². The van der Waals surface area contributed by atoms with Gasteiger partial charge in [-0.2, -0.15) is 0 Å². The molecule has 6 heteroatoms. The third kappa shape index (κ3) is 1.87. The average Bonchev–Trinajstić information content (AvgIpc) is 2.77. The zero-order chi connectivity index (χ0) is 8.39. The first-order valence-corrected chi connectivity index (χ1v) is 7.88. The number of nitrogens with one attached hydrogen (secondary N) is 4. The van der Waals surface area contributed by atoms with Crippen LogP contribution in [0.5, 0.6) is 0 Å². The molecule has 0 aromatic carbocycles. The summed E-state index contributed by atoms with van der Waals surface area (Å²) in [6.45, 7) is 4.00. The van der Waals surface area contributed by atoms with E-state index in [4.69, 9.17) is 9.69 Å². The predicted octanol–water partition coefficient (Wildman–Crippen LogP) is -1.68. The third-order valence-electron chi connectivity index (χ3n) is 1.66. The van der Waals surface area contributed by atoms with Crippen molar-refractivity contribution in [3.63, 3.8) is 0 Å². The summed E-state index contributed by atoms with van der Waals surface area (Å²) >= 11 is -1.49. The molecule has 2 heterocycles. The molecule has 2 rings (SSSR count). The Balaban J connectivity index is 2.30. The van der Waals surface area contributed by atoms with Crippen LogP contribution in [0.25, 0.3) is 0 Å². The van der Waals surface area contributed by atoms with E-state index in [9.17, 15) is 0 Å². The van der Waals surface area contributed by atoms with Gasteiger partial charge < -0.3 is 0 Å². The first kappa shape index (κ1) is 9.06. The van der Waals surface area contributed by atoms with Crippen LogP contribution >= 0.6 is 9.69 Å².